The van der Waals surface area contributed by atoms with Crippen molar-refractivity contribution < 1.29 is 5.11 Å². The summed E-state index contributed by atoms with van der Waals surface area (Å²) in [4.78, 5) is 0. The Morgan fingerprint density at radius 3 is 2.20 bits per heavy atom. The predicted molar refractivity (Wildman–Crippen MR) is 63.7 cm³/mol. The highest BCUT2D eigenvalue weighted by atomic mass is 16.3. The molecule has 1 heteroatoms. The molecule has 88 valence electrons. The van der Waals surface area contributed by atoms with Crippen LogP contribution < -0.4 is 0 Å². The largest absolute Gasteiger partial charge is 0.390 e. The molecular formula is C14H26O. The van der Waals surface area contributed by atoms with E-state index in [2.05, 4.69) is 13.8 Å². The molecule has 0 aromatic carbocycles. The van der Waals surface area contributed by atoms with E-state index in [4.69, 9.17) is 0 Å². The zero-order chi connectivity index (χ0) is 10.9. The molecule has 2 fully saturated rings. The molecule has 0 spiro atoms. The monoisotopic (exact) mass is 210 g/mol. The van der Waals surface area contributed by atoms with E-state index in [1.165, 1.54) is 38.5 Å². The van der Waals surface area contributed by atoms with Crippen molar-refractivity contribution in [2.75, 3.05) is 0 Å². The summed E-state index contributed by atoms with van der Waals surface area (Å²) >= 11 is 0. The molecule has 2 rings (SSSR count). The Hall–Kier alpha value is -0.0400. The maximum Gasteiger partial charge on any atom is 0.0676 e. The highest BCUT2D eigenvalue weighted by Gasteiger charge is 2.40. The van der Waals surface area contributed by atoms with Gasteiger partial charge in [0.25, 0.3) is 0 Å². The van der Waals surface area contributed by atoms with Crippen molar-refractivity contribution in [2.45, 2.75) is 70.8 Å². The predicted octanol–water partition coefficient (Wildman–Crippen LogP) is 3.75. The van der Waals surface area contributed by atoms with Crippen molar-refractivity contribution in [2.24, 2.45) is 17.8 Å². The van der Waals surface area contributed by atoms with Gasteiger partial charge in [0.15, 0.2) is 0 Å². The first-order valence-corrected chi connectivity index (χ1v) is 6.82. The molecule has 2 atom stereocenters. The Kier molecular flexibility index (Phi) is 3.39. The van der Waals surface area contributed by atoms with Gasteiger partial charge in [0, 0.05) is 0 Å². The lowest BCUT2D eigenvalue weighted by Gasteiger charge is -2.44. The zero-order valence-electron chi connectivity index (χ0n) is 10.3. The highest BCUT2D eigenvalue weighted by Crippen LogP contribution is 2.44. The smallest absolute Gasteiger partial charge is 0.0676 e. The normalized spacial score (nSPS) is 47.8. The number of rotatable bonds is 1. The summed E-state index contributed by atoms with van der Waals surface area (Å²) in [6, 6.07) is 0. The third kappa shape index (κ3) is 2.55. The van der Waals surface area contributed by atoms with E-state index >= 15 is 0 Å². The topological polar surface area (TPSA) is 20.2 Å². The molecule has 0 amide bonds. The standard InChI is InChI=1S/C14H26O/c1-11-6-8-14(15,9-7-11)13-5-3-4-12(2)10-13/h11-13,15H,3-10H2,1-2H3. The maximum atomic E-state index is 10.7. The molecular weight excluding hydrogens is 184 g/mol. The molecule has 0 aliphatic heterocycles. The Morgan fingerprint density at radius 1 is 0.933 bits per heavy atom. The molecule has 1 N–H and O–H groups in total. The third-order valence-electron chi connectivity index (χ3n) is 4.84. The second-order valence-electron chi connectivity index (χ2n) is 6.25. The average Bonchev–Trinajstić information content (AvgIpc) is 2.23. The van der Waals surface area contributed by atoms with Crippen LogP contribution in [0.3, 0.4) is 0 Å². The third-order valence-corrected chi connectivity index (χ3v) is 4.84. The van der Waals surface area contributed by atoms with Gasteiger partial charge in [-0.25, -0.2) is 0 Å². The summed E-state index contributed by atoms with van der Waals surface area (Å²) in [5.74, 6) is 2.28. The van der Waals surface area contributed by atoms with Crippen molar-refractivity contribution in [3.63, 3.8) is 0 Å². The molecule has 2 aliphatic rings. The van der Waals surface area contributed by atoms with Gasteiger partial charge in [-0.05, 0) is 56.3 Å². The van der Waals surface area contributed by atoms with E-state index < -0.39 is 0 Å². The van der Waals surface area contributed by atoms with Gasteiger partial charge in [0.05, 0.1) is 5.60 Å². The van der Waals surface area contributed by atoms with Crippen molar-refractivity contribution in [1.29, 1.82) is 0 Å². The Labute approximate surface area is 94.3 Å². The highest BCUT2D eigenvalue weighted by molar-refractivity contribution is 4.92. The van der Waals surface area contributed by atoms with Crippen LogP contribution in [0.4, 0.5) is 0 Å². The van der Waals surface area contributed by atoms with Crippen molar-refractivity contribution in [1.82, 2.24) is 0 Å². The van der Waals surface area contributed by atoms with Crippen LogP contribution in [0.25, 0.3) is 0 Å². The van der Waals surface area contributed by atoms with Crippen LogP contribution >= 0.6 is 0 Å². The van der Waals surface area contributed by atoms with E-state index in [9.17, 15) is 5.11 Å². The van der Waals surface area contributed by atoms with Crippen LogP contribution in [0.15, 0.2) is 0 Å². The SMILES string of the molecule is CC1CCC(O)(C2CCCC(C)C2)CC1. The van der Waals surface area contributed by atoms with E-state index in [1.807, 2.05) is 0 Å². The first kappa shape index (κ1) is 11.4. The summed E-state index contributed by atoms with van der Waals surface area (Å²) in [6.07, 6.45) is 9.85. The van der Waals surface area contributed by atoms with Gasteiger partial charge in [0.2, 0.25) is 0 Å². The second kappa shape index (κ2) is 4.45. The molecule has 2 unspecified atom stereocenters. The van der Waals surface area contributed by atoms with E-state index in [0.29, 0.717) is 5.92 Å². The second-order valence-corrected chi connectivity index (χ2v) is 6.25. The average molecular weight is 210 g/mol. The first-order chi connectivity index (χ1) is 7.10. The van der Waals surface area contributed by atoms with E-state index in [0.717, 1.165) is 24.7 Å². The molecule has 15 heavy (non-hydrogen) atoms. The zero-order valence-corrected chi connectivity index (χ0v) is 10.3. The molecule has 0 bridgehead atoms. The van der Waals surface area contributed by atoms with Crippen LogP contribution in [-0.2, 0) is 0 Å². The van der Waals surface area contributed by atoms with Crippen molar-refractivity contribution in [3.05, 3.63) is 0 Å². The van der Waals surface area contributed by atoms with Gasteiger partial charge >= 0.3 is 0 Å². The van der Waals surface area contributed by atoms with Crippen LogP contribution in [0, 0.1) is 17.8 Å². The van der Waals surface area contributed by atoms with Crippen molar-refractivity contribution in [3.8, 4) is 0 Å². The number of hydrogen-bond donors (Lipinski definition) is 1. The van der Waals surface area contributed by atoms with Crippen LogP contribution in [-0.4, -0.2) is 10.7 Å². The lowest BCUT2D eigenvalue weighted by Crippen LogP contribution is -2.43. The molecule has 0 saturated heterocycles. The molecule has 2 saturated carbocycles. The van der Waals surface area contributed by atoms with Gasteiger partial charge in [-0.15, -0.1) is 0 Å². The van der Waals surface area contributed by atoms with Crippen molar-refractivity contribution >= 4 is 0 Å². The van der Waals surface area contributed by atoms with Gasteiger partial charge in [-0.1, -0.05) is 26.7 Å². The fourth-order valence-corrected chi connectivity index (χ4v) is 3.59. The molecule has 1 nitrogen and oxygen atoms in total. The lowest BCUT2D eigenvalue weighted by molar-refractivity contribution is -0.0745. The van der Waals surface area contributed by atoms with Crippen LogP contribution in [0.5, 0.6) is 0 Å². The number of hydrogen-bond acceptors (Lipinski definition) is 1. The Bertz CT molecular complexity index is 203. The minimum atomic E-state index is -0.290. The van der Waals surface area contributed by atoms with Gasteiger partial charge in [0.1, 0.15) is 0 Å². The fraction of sp³-hybridized carbons (Fsp3) is 1.00. The Balaban J connectivity index is 1.95. The van der Waals surface area contributed by atoms with E-state index in [-0.39, 0.29) is 5.60 Å². The summed E-state index contributed by atoms with van der Waals surface area (Å²) in [5.41, 5.74) is -0.290. The molecule has 0 heterocycles. The first-order valence-electron chi connectivity index (χ1n) is 6.82. The molecule has 0 aromatic heterocycles. The van der Waals surface area contributed by atoms with Crippen LogP contribution in [0.2, 0.25) is 0 Å². The van der Waals surface area contributed by atoms with Gasteiger partial charge < -0.3 is 5.11 Å². The fourth-order valence-electron chi connectivity index (χ4n) is 3.59. The minimum Gasteiger partial charge on any atom is -0.390 e. The molecule has 2 aliphatic carbocycles. The van der Waals surface area contributed by atoms with Gasteiger partial charge in [-0.2, -0.15) is 0 Å². The quantitative estimate of drug-likeness (QED) is 0.699. The summed E-state index contributed by atoms with van der Waals surface area (Å²) in [7, 11) is 0. The van der Waals surface area contributed by atoms with E-state index in [1.54, 1.807) is 0 Å². The summed E-state index contributed by atoms with van der Waals surface area (Å²) < 4.78 is 0. The molecule has 0 radical (unpaired) electrons. The summed E-state index contributed by atoms with van der Waals surface area (Å²) in [5, 5.41) is 10.7. The Morgan fingerprint density at radius 2 is 1.60 bits per heavy atom. The molecule has 0 aromatic rings. The summed E-state index contributed by atoms with van der Waals surface area (Å²) in [6.45, 7) is 4.67. The van der Waals surface area contributed by atoms with Crippen LogP contribution in [0.1, 0.15) is 65.2 Å². The maximum absolute atomic E-state index is 10.7. The minimum absolute atomic E-state index is 0.290. The van der Waals surface area contributed by atoms with Gasteiger partial charge in [-0.3, -0.25) is 0 Å². The lowest BCUT2D eigenvalue weighted by atomic mass is 9.66. The number of aliphatic hydroxyl groups is 1.